The van der Waals surface area contributed by atoms with Crippen LogP contribution in [0.15, 0.2) is 71.6 Å². The highest BCUT2D eigenvalue weighted by Gasteiger charge is 2.30. The van der Waals surface area contributed by atoms with Gasteiger partial charge in [0, 0.05) is 24.1 Å². The molecule has 2 aromatic rings. The summed E-state index contributed by atoms with van der Waals surface area (Å²) in [5.41, 5.74) is 1.81. The van der Waals surface area contributed by atoms with Crippen molar-refractivity contribution in [3.05, 3.63) is 77.1 Å². The first kappa shape index (κ1) is 21.8. The number of ether oxygens (including phenoxy) is 3. The molecule has 0 fully saturated rings. The molecule has 0 bridgehead atoms. The van der Waals surface area contributed by atoms with E-state index in [0.29, 0.717) is 41.0 Å². The Bertz CT molecular complexity index is 1280. The van der Waals surface area contributed by atoms with Gasteiger partial charge >= 0.3 is 16.0 Å². The first-order valence-corrected chi connectivity index (χ1v) is 11.7. The molecular weight excluding hydrogens is 434 g/mol. The number of allylic oxidation sites excluding steroid dienone is 4. The zero-order valence-corrected chi connectivity index (χ0v) is 18.3. The number of benzene rings is 1. The van der Waals surface area contributed by atoms with E-state index in [0.717, 1.165) is 22.2 Å². The smallest absolute Gasteiger partial charge is 0.304 e. The monoisotopic (exact) mass is 457 g/mol. The Morgan fingerprint density at radius 2 is 2.12 bits per heavy atom. The van der Waals surface area contributed by atoms with Crippen LogP contribution in [0.5, 0.6) is 5.75 Å². The van der Waals surface area contributed by atoms with E-state index in [-0.39, 0.29) is 17.9 Å². The second kappa shape index (κ2) is 8.96. The maximum Gasteiger partial charge on any atom is 0.304 e. The van der Waals surface area contributed by atoms with Gasteiger partial charge in [0.2, 0.25) is 0 Å². The summed E-state index contributed by atoms with van der Waals surface area (Å²) >= 11 is 0. The van der Waals surface area contributed by atoms with Crippen LogP contribution >= 0.6 is 0 Å². The third-order valence-corrected chi connectivity index (χ3v) is 6.65. The molecule has 0 saturated heterocycles. The summed E-state index contributed by atoms with van der Waals surface area (Å²) in [4.78, 5) is 11.1. The molecule has 0 spiro atoms. The Morgan fingerprint density at radius 3 is 2.84 bits per heavy atom. The fourth-order valence-electron chi connectivity index (χ4n) is 3.61. The fraction of sp³-hybridized carbons (Fsp3) is 0.261. The van der Waals surface area contributed by atoms with Crippen LogP contribution in [0.2, 0.25) is 0 Å². The zero-order chi connectivity index (χ0) is 22.7. The topological polar surface area (TPSA) is 104 Å². The van der Waals surface area contributed by atoms with E-state index in [2.05, 4.69) is 0 Å². The maximum atomic E-state index is 13.5. The lowest BCUT2D eigenvalue weighted by molar-refractivity contribution is -0.136. The minimum Gasteiger partial charge on any atom is -0.494 e. The van der Waals surface area contributed by atoms with Gasteiger partial charge in [-0.25, -0.2) is 3.97 Å². The average Bonchev–Trinajstić information content (AvgIpc) is 3.17. The Morgan fingerprint density at radius 1 is 1.28 bits per heavy atom. The second-order valence-electron chi connectivity index (χ2n) is 7.28. The molecule has 1 aliphatic heterocycles. The number of aliphatic carboxylic acids is 1. The predicted octanol–water partition coefficient (Wildman–Crippen LogP) is 4.20. The van der Waals surface area contributed by atoms with Crippen LogP contribution in [0.1, 0.15) is 31.7 Å². The number of fused-ring (bicyclic) bond motifs is 1. The summed E-state index contributed by atoms with van der Waals surface area (Å²) in [6.07, 6.45) is 11.2. The first-order valence-electron chi connectivity index (χ1n) is 10.2. The molecule has 9 heteroatoms. The highest BCUT2D eigenvalue weighted by atomic mass is 32.2. The van der Waals surface area contributed by atoms with E-state index in [1.807, 2.05) is 25.2 Å². The van der Waals surface area contributed by atoms with E-state index in [9.17, 15) is 13.2 Å². The second-order valence-corrected chi connectivity index (χ2v) is 9.02. The Labute approximate surface area is 185 Å². The van der Waals surface area contributed by atoms with Crippen LogP contribution < -0.4 is 4.74 Å². The van der Waals surface area contributed by atoms with Gasteiger partial charge in [-0.2, -0.15) is 8.42 Å². The first-order chi connectivity index (χ1) is 15.4. The number of nitrogens with zero attached hydrogens (tertiary/aromatic N) is 1. The summed E-state index contributed by atoms with van der Waals surface area (Å²) in [5, 5.41) is 9.36. The summed E-state index contributed by atoms with van der Waals surface area (Å²) in [5.74, 6) is -0.113. The molecule has 1 aliphatic carbocycles. The molecule has 1 aromatic carbocycles. The Balaban J connectivity index is 1.74. The summed E-state index contributed by atoms with van der Waals surface area (Å²) in [6.45, 7) is 2.25. The number of hydrogen-bond acceptors (Lipinski definition) is 6. The molecule has 4 rings (SSSR count). The van der Waals surface area contributed by atoms with Crippen molar-refractivity contribution in [2.24, 2.45) is 0 Å². The Kier molecular flexibility index (Phi) is 6.09. The molecule has 32 heavy (non-hydrogen) atoms. The largest absolute Gasteiger partial charge is 0.494 e. The molecule has 168 valence electrons. The molecular formula is C23H23NO7S. The normalized spacial score (nSPS) is 16.0. The lowest BCUT2D eigenvalue weighted by Gasteiger charge is -2.20. The van der Waals surface area contributed by atoms with Gasteiger partial charge in [0.05, 0.1) is 12.1 Å². The van der Waals surface area contributed by atoms with Crippen molar-refractivity contribution < 1.29 is 32.5 Å². The number of aromatic nitrogens is 1. The number of carboxylic acid groups (broad SMARTS) is 1. The van der Waals surface area contributed by atoms with Crippen molar-refractivity contribution in [3.8, 4) is 5.75 Å². The van der Waals surface area contributed by atoms with E-state index in [1.54, 1.807) is 18.2 Å². The van der Waals surface area contributed by atoms with Gasteiger partial charge in [0.1, 0.15) is 18.3 Å². The molecule has 8 nitrogen and oxygen atoms in total. The van der Waals surface area contributed by atoms with Gasteiger partial charge < -0.3 is 19.3 Å². The third kappa shape index (κ3) is 4.29. The van der Waals surface area contributed by atoms with Crippen molar-refractivity contribution in [2.45, 2.75) is 32.6 Å². The molecule has 0 radical (unpaired) electrons. The van der Waals surface area contributed by atoms with Gasteiger partial charge in [-0.3, -0.25) is 4.79 Å². The predicted molar refractivity (Wildman–Crippen MR) is 118 cm³/mol. The molecule has 1 aromatic heterocycles. The van der Waals surface area contributed by atoms with Gasteiger partial charge in [-0.05, 0) is 49.5 Å². The Hall–Kier alpha value is -3.46. The minimum absolute atomic E-state index is 0.122. The maximum absolute atomic E-state index is 13.5. The van der Waals surface area contributed by atoms with Crippen molar-refractivity contribution in [1.29, 1.82) is 0 Å². The van der Waals surface area contributed by atoms with Gasteiger partial charge in [0.25, 0.3) is 5.09 Å². The lowest BCUT2D eigenvalue weighted by Crippen LogP contribution is -2.18. The van der Waals surface area contributed by atoms with Crippen molar-refractivity contribution in [2.75, 3.05) is 6.61 Å². The fourth-order valence-corrected chi connectivity index (χ4v) is 4.85. The van der Waals surface area contributed by atoms with Crippen molar-refractivity contribution in [1.82, 2.24) is 3.97 Å². The highest BCUT2D eigenvalue weighted by molar-refractivity contribution is 7.93. The van der Waals surface area contributed by atoms with Gasteiger partial charge in [-0.1, -0.05) is 18.2 Å². The molecule has 0 unspecified atom stereocenters. The van der Waals surface area contributed by atoms with Crippen LogP contribution in [0.3, 0.4) is 0 Å². The third-order valence-electron chi connectivity index (χ3n) is 5.14. The van der Waals surface area contributed by atoms with E-state index in [1.165, 1.54) is 12.5 Å². The van der Waals surface area contributed by atoms with E-state index >= 15 is 0 Å². The van der Waals surface area contributed by atoms with Gasteiger partial charge in [0.15, 0.2) is 5.76 Å². The number of aryl methyl sites for hydroxylation is 1. The number of hydrogen-bond donors (Lipinski definition) is 1. The average molecular weight is 458 g/mol. The summed E-state index contributed by atoms with van der Waals surface area (Å²) in [6, 6.07) is 5.09. The quantitative estimate of drug-likeness (QED) is 0.633. The zero-order valence-electron chi connectivity index (χ0n) is 17.5. The van der Waals surface area contributed by atoms with Crippen LogP contribution in [0, 0.1) is 0 Å². The SMILES string of the molecule is CCOc1ccc2c(CCC(=O)O)cn(S(=O)(=O)C3=COC=C(C4=CC=CCC4)O3)c2c1. The molecule has 1 N–H and O–H groups in total. The van der Waals surface area contributed by atoms with E-state index < -0.39 is 16.0 Å². The summed E-state index contributed by atoms with van der Waals surface area (Å²) in [7, 11) is -4.17. The van der Waals surface area contributed by atoms with Crippen LogP contribution in [-0.4, -0.2) is 30.1 Å². The minimum atomic E-state index is -4.17. The standard InChI is InChI=1S/C23H23NO7S/c1-2-30-18-9-10-19-17(8-11-22(25)26)13-24(20(19)12-18)32(27,28)23-15-29-14-21(31-23)16-6-4-3-5-7-16/h3-4,6,9-10,12-15H,2,5,7-8,11H2,1H3,(H,25,26). The van der Waals surface area contributed by atoms with Crippen LogP contribution in [-0.2, 0) is 30.7 Å². The molecule has 2 aliphatic rings. The molecule has 0 saturated carbocycles. The summed E-state index contributed by atoms with van der Waals surface area (Å²) < 4.78 is 44.7. The number of carbonyl (C=O) groups is 1. The van der Waals surface area contributed by atoms with Gasteiger partial charge in [-0.15, -0.1) is 0 Å². The molecule has 0 amide bonds. The van der Waals surface area contributed by atoms with E-state index in [4.69, 9.17) is 19.3 Å². The number of carboxylic acids is 1. The number of rotatable bonds is 8. The molecule has 0 atom stereocenters. The highest BCUT2D eigenvalue weighted by Crippen LogP contribution is 2.33. The van der Waals surface area contributed by atoms with Crippen LogP contribution in [0.25, 0.3) is 10.9 Å². The molecule has 2 heterocycles. The van der Waals surface area contributed by atoms with Crippen molar-refractivity contribution >= 4 is 26.9 Å². The lowest BCUT2D eigenvalue weighted by atomic mass is 10.0. The van der Waals surface area contributed by atoms with Crippen molar-refractivity contribution in [3.63, 3.8) is 0 Å². The van der Waals surface area contributed by atoms with Crippen LogP contribution in [0.4, 0.5) is 0 Å².